The van der Waals surface area contributed by atoms with E-state index in [0.717, 1.165) is 24.2 Å². The fourth-order valence-electron chi connectivity index (χ4n) is 3.69. The summed E-state index contributed by atoms with van der Waals surface area (Å²) in [4.78, 5) is 12.8. The number of aryl methyl sites for hydroxylation is 1. The highest BCUT2D eigenvalue weighted by Gasteiger charge is 2.42. The van der Waals surface area contributed by atoms with Crippen LogP contribution < -0.4 is 10.1 Å². The molecule has 3 heterocycles. The fourth-order valence-corrected chi connectivity index (χ4v) is 3.94. The number of aromatic nitrogens is 2. The number of halogens is 1. The molecule has 7 heteroatoms. The first-order valence-corrected chi connectivity index (χ1v) is 8.80. The molecule has 2 aliphatic rings. The number of carbonyl (C=O) groups is 1. The molecule has 132 valence electrons. The number of hydrogen-bond donors (Lipinski definition) is 1. The quantitative estimate of drug-likeness (QED) is 0.893. The SMILES string of the molecule is Cn1ncc(Cl)c1C(=O)N[C@H]1CC2(CCOCC2)Oc2ccccc21. The molecule has 2 aliphatic heterocycles. The predicted molar refractivity (Wildman–Crippen MR) is 92.9 cm³/mol. The maximum absolute atomic E-state index is 12.8. The lowest BCUT2D eigenvalue weighted by Crippen LogP contribution is -2.48. The van der Waals surface area contributed by atoms with Crippen molar-refractivity contribution in [1.82, 2.24) is 15.1 Å². The van der Waals surface area contributed by atoms with Crippen LogP contribution in [-0.2, 0) is 11.8 Å². The molecule has 1 amide bonds. The molecule has 6 nitrogen and oxygen atoms in total. The molecule has 1 saturated heterocycles. The van der Waals surface area contributed by atoms with E-state index in [-0.39, 0.29) is 17.6 Å². The Bertz CT molecular complexity index is 779. The third-order valence-corrected chi connectivity index (χ3v) is 5.29. The molecule has 0 aliphatic carbocycles. The van der Waals surface area contributed by atoms with Gasteiger partial charge in [-0.25, -0.2) is 0 Å². The highest BCUT2D eigenvalue weighted by Crippen LogP contribution is 2.44. The van der Waals surface area contributed by atoms with Gasteiger partial charge in [-0.05, 0) is 6.07 Å². The zero-order valence-electron chi connectivity index (χ0n) is 14.0. The van der Waals surface area contributed by atoms with E-state index in [4.69, 9.17) is 21.1 Å². The van der Waals surface area contributed by atoms with Crippen LogP contribution in [0.1, 0.15) is 41.4 Å². The van der Waals surface area contributed by atoms with E-state index in [1.165, 1.54) is 10.9 Å². The number of nitrogens with zero attached hydrogens (tertiary/aromatic N) is 2. The Morgan fingerprint density at radius 1 is 1.36 bits per heavy atom. The molecular formula is C18H20ClN3O3. The molecular weight excluding hydrogens is 342 g/mol. The molecule has 0 saturated carbocycles. The Morgan fingerprint density at radius 2 is 2.12 bits per heavy atom. The summed E-state index contributed by atoms with van der Waals surface area (Å²) in [5.41, 5.74) is 1.07. The van der Waals surface area contributed by atoms with E-state index >= 15 is 0 Å². The van der Waals surface area contributed by atoms with E-state index in [1.54, 1.807) is 7.05 Å². The zero-order valence-corrected chi connectivity index (χ0v) is 14.8. The monoisotopic (exact) mass is 361 g/mol. The average Bonchev–Trinajstić information content (AvgIpc) is 2.94. The fraction of sp³-hybridized carbons (Fsp3) is 0.444. The Kier molecular flexibility index (Phi) is 4.17. The van der Waals surface area contributed by atoms with Crippen LogP contribution in [0.2, 0.25) is 5.02 Å². The van der Waals surface area contributed by atoms with Gasteiger partial charge in [-0.3, -0.25) is 9.48 Å². The number of rotatable bonds is 2. The van der Waals surface area contributed by atoms with Gasteiger partial charge in [0.25, 0.3) is 5.91 Å². The maximum atomic E-state index is 12.8. The van der Waals surface area contributed by atoms with Gasteiger partial charge in [0.2, 0.25) is 0 Å². The number of fused-ring (bicyclic) bond motifs is 1. The highest BCUT2D eigenvalue weighted by molar-refractivity contribution is 6.33. The molecule has 1 N–H and O–H groups in total. The molecule has 25 heavy (non-hydrogen) atoms. The number of nitrogens with one attached hydrogen (secondary N) is 1. The summed E-state index contributed by atoms with van der Waals surface area (Å²) in [7, 11) is 1.71. The van der Waals surface area contributed by atoms with Gasteiger partial charge >= 0.3 is 0 Å². The molecule has 0 bridgehead atoms. The summed E-state index contributed by atoms with van der Waals surface area (Å²) in [5, 5.41) is 7.51. The Labute approximate surface area is 151 Å². The molecule has 1 spiro atoms. The molecule has 1 aromatic carbocycles. The lowest BCUT2D eigenvalue weighted by atomic mass is 9.82. The average molecular weight is 362 g/mol. The van der Waals surface area contributed by atoms with Crippen LogP contribution in [0.15, 0.2) is 30.5 Å². The van der Waals surface area contributed by atoms with Crippen molar-refractivity contribution in [2.75, 3.05) is 13.2 Å². The molecule has 0 unspecified atom stereocenters. The normalized spacial score (nSPS) is 21.4. The molecule has 1 atom stereocenters. The number of benzene rings is 1. The summed E-state index contributed by atoms with van der Waals surface area (Å²) >= 11 is 6.11. The Balaban J connectivity index is 1.64. The second-order valence-electron chi connectivity index (χ2n) is 6.63. The molecule has 0 radical (unpaired) electrons. The third-order valence-electron chi connectivity index (χ3n) is 5.02. The molecule has 1 fully saturated rings. The minimum atomic E-state index is -0.291. The lowest BCUT2D eigenvalue weighted by molar-refractivity contribution is -0.0639. The minimum absolute atomic E-state index is 0.137. The van der Waals surface area contributed by atoms with Gasteiger partial charge in [0, 0.05) is 31.9 Å². The van der Waals surface area contributed by atoms with Crippen molar-refractivity contribution in [1.29, 1.82) is 0 Å². The van der Waals surface area contributed by atoms with Crippen molar-refractivity contribution in [2.24, 2.45) is 7.05 Å². The maximum Gasteiger partial charge on any atom is 0.271 e. The van der Waals surface area contributed by atoms with Crippen LogP contribution in [0.5, 0.6) is 5.75 Å². The Morgan fingerprint density at radius 3 is 2.84 bits per heavy atom. The minimum Gasteiger partial charge on any atom is -0.487 e. The summed E-state index contributed by atoms with van der Waals surface area (Å²) in [5.74, 6) is 0.603. The first-order chi connectivity index (χ1) is 12.1. The van der Waals surface area contributed by atoms with Crippen molar-refractivity contribution in [3.8, 4) is 5.75 Å². The first-order valence-electron chi connectivity index (χ1n) is 8.42. The van der Waals surface area contributed by atoms with Crippen LogP contribution >= 0.6 is 11.6 Å². The van der Waals surface area contributed by atoms with Gasteiger partial charge < -0.3 is 14.8 Å². The van der Waals surface area contributed by atoms with Gasteiger partial charge in [0.15, 0.2) is 0 Å². The second kappa shape index (κ2) is 6.35. The van der Waals surface area contributed by atoms with Crippen LogP contribution in [-0.4, -0.2) is 34.5 Å². The topological polar surface area (TPSA) is 65.4 Å². The lowest BCUT2D eigenvalue weighted by Gasteiger charge is -2.44. The number of ether oxygens (including phenoxy) is 2. The smallest absolute Gasteiger partial charge is 0.271 e. The van der Waals surface area contributed by atoms with E-state index in [0.29, 0.717) is 30.4 Å². The number of amides is 1. The van der Waals surface area contributed by atoms with E-state index < -0.39 is 0 Å². The number of para-hydroxylation sites is 1. The second-order valence-corrected chi connectivity index (χ2v) is 7.04. The van der Waals surface area contributed by atoms with Crippen molar-refractivity contribution < 1.29 is 14.3 Å². The van der Waals surface area contributed by atoms with Crippen molar-refractivity contribution in [3.63, 3.8) is 0 Å². The molecule has 2 aromatic rings. The zero-order chi connectivity index (χ0) is 17.4. The van der Waals surface area contributed by atoms with Crippen molar-refractivity contribution in [3.05, 3.63) is 46.7 Å². The summed E-state index contributed by atoms with van der Waals surface area (Å²) in [6, 6.07) is 7.73. The molecule has 1 aromatic heterocycles. The largest absolute Gasteiger partial charge is 0.487 e. The van der Waals surface area contributed by atoms with Crippen LogP contribution in [0.4, 0.5) is 0 Å². The van der Waals surface area contributed by atoms with Crippen LogP contribution in [0.25, 0.3) is 0 Å². The van der Waals surface area contributed by atoms with Crippen LogP contribution in [0.3, 0.4) is 0 Å². The van der Waals surface area contributed by atoms with E-state index in [9.17, 15) is 4.79 Å². The summed E-state index contributed by atoms with van der Waals surface area (Å²) in [6.07, 6.45) is 3.84. The van der Waals surface area contributed by atoms with E-state index in [1.807, 2.05) is 24.3 Å². The number of hydrogen-bond acceptors (Lipinski definition) is 4. The van der Waals surface area contributed by atoms with Gasteiger partial charge in [0.05, 0.1) is 30.5 Å². The highest BCUT2D eigenvalue weighted by atomic mass is 35.5. The van der Waals surface area contributed by atoms with Crippen molar-refractivity contribution in [2.45, 2.75) is 30.9 Å². The molecule has 4 rings (SSSR count). The van der Waals surface area contributed by atoms with Crippen LogP contribution in [0, 0.1) is 0 Å². The standard InChI is InChI=1S/C18H20ClN3O3/c1-22-16(13(19)11-20-22)17(23)21-14-10-18(6-8-24-9-7-18)25-15-5-3-2-4-12(14)15/h2-5,11,14H,6-10H2,1H3,(H,21,23)/t14-/m0/s1. The van der Waals surface area contributed by atoms with Gasteiger partial charge in [-0.2, -0.15) is 5.10 Å². The van der Waals surface area contributed by atoms with Gasteiger partial charge in [0.1, 0.15) is 17.0 Å². The Hall–Kier alpha value is -2.05. The first kappa shape index (κ1) is 16.4. The summed E-state index contributed by atoms with van der Waals surface area (Å²) in [6.45, 7) is 1.35. The van der Waals surface area contributed by atoms with Gasteiger partial charge in [-0.1, -0.05) is 29.8 Å². The van der Waals surface area contributed by atoms with E-state index in [2.05, 4.69) is 10.4 Å². The predicted octanol–water partition coefficient (Wildman–Crippen LogP) is 2.88. The third kappa shape index (κ3) is 3.00. The summed E-state index contributed by atoms with van der Waals surface area (Å²) < 4.78 is 13.3. The number of carbonyl (C=O) groups excluding carboxylic acids is 1. The van der Waals surface area contributed by atoms with Gasteiger partial charge in [-0.15, -0.1) is 0 Å². The van der Waals surface area contributed by atoms with Crippen molar-refractivity contribution >= 4 is 17.5 Å².